The van der Waals surface area contributed by atoms with E-state index in [-0.39, 0.29) is 43.4 Å². The second kappa shape index (κ2) is 26.4. The first-order valence-electron chi connectivity index (χ1n) is 24.3. The Kier molecular flexibility index (Phi) is 22.4. The van der Waals surface area contributed by atoms with Crippen molar-refractivity contribution in [1.29, 1.82) is 0 Å². The summed E-state index contributed by atoms with van der Waals surface area (Å²) in [5.41, 5.74) is 0.702. The Labute approximate surface area is 405 Å². The second-order valence-electron chi connectivity index (χ2n) is 20.6. The number of likely N-dealkylation sites (N-methyl/N-ethyl adjacent to an activating group) is 4. The van der Waals surface area contributed by atoms with Gasteiger partial charge >= 0.3 is 17.9 Å². The third kappa shape index (κ3) is 15.7. The number of rotatable bonds is 11. The van der Waals surface area contributed by atoms with Crippen molar-refractivity contribution in [2.24, 2.45) is 35.5 Å². The van der Waals surface area contributed by atoms with E-state index in [1.165, 1.54) is 47.7 Å². The van der Waals surface area contributed by atoms with Crippen molar-refractivity contribution in [2.75, 3.05) is 28.2 Å². The summed E-state index contributed by atoms with van der Waals surface area (Å²) in [5.74, 6) is -6.56. The summed E-state index contributed by atoms with van der Waals surface area (Å²) >= 11 is 0. The van der Waals surface area contributed by atoms with Crippen molar-refractivity contribution in [3.63, 3.8) is 0 Å². The predicted molar refractivity (Wildman–Crippen MR) is 258 cm³/mol. The number of hydrogen-bond acceptors (Lipinski definition) is 13. The standard InChI is InChI=1S/C52H82N4O12/c1-30(2)26-38-50(62)66-42(32(5)6)46(58)54(13)39(27-31(3)4)51(63)67-44(34(9)10)48(60)56(15)40(28-36-22-18-16-19-23-36)49(61)65-35(11)45(57)53(12)41(29-37-24-20-17-21-25-37)52(64)68-43(33(7)8)47(59)55(38)14/h16-24,30-35,37-45,52,57,64H,25-29H2,1-15H3. The molecule has 0 radical (unpaired) electrons. The predicted octanol–water partition coefficient (Wildman–Crippen LogP) is 5.38. The van der Waals surface area contributed by atoms with Gasteiger partial charge in [-0.1, -0.05) is 124 Å². The van der Waals surface area contributed by atoms with E-state index >= 15 is 0 Å². The zero-order chi connectivity index (χ0) is 51.3. The molecule has 1 saturated heterocycles. The van der Waals surface area contributed by atoms with E-state index in [0.29, 0.717) is 12.0 Å². The van der Waals surface area contributed by atoms with Crippen LogP contribution in [0.4, 0.5) is 0 Å². The third-order valence-corrected chi connectivity index (χ3v) is 12.8. The molecule has 0 aromatic heterocycles. The fourth-order valence-electron chi connectivity index (χ4n) is 8.54. The van der Waals surface area contributed by atoms with Crippen LogP contribution in [-0.2, 0) is 54.1 Å². The second-order valence-corrected chi connectivity index (χ2v) is 20.6. The molecule has 1 aliphatic carbocycles. The Morgan fingerprint density at radius 3 is 1.47 bits per heavy atom. The van der Waals surface area contributed by atoms with Gasteiger partial charge in [0.25, 0.3) is 17.7 Å². The van der Waals surface area contributed by atoms with E-state index in [0.717, 1.165) is 0 Å². The lowest BCUT2D eigenvalue weighted by molar-refractivity contribution is -0.214. The Hall–Kier alpha value is -4.64. The largest absolute Gasteiger partial charge is 0.457 e. The molecule has 1 aliphatic heterocycles. The Morgan fingerprint density at radius 1 is 0.603 bits per heavy atom. The van der Waals surface area contributed by atoms with Crippen molar-refractivity contribution in [2.45, 2.75) is 169 Å². The van der Waals surface area contributed by atoms with Gasteiger partial charge in [-0.15, -0.1) is 0 Å². The van der Waals surface area contributed by atoms with E-state index in [4.69, 9.17) is 18.9 Å². The number of carbonyl (C=O) groups excluding carboxylic acids is 6. The number of benzene rings is 1. The zero-order valence-electron chi connectivity index (χ0n) is 43.2. The monoisotopic (exact) mass is 955 g/mol. The average Bonchev–Trinajstić information content (AvgIpc) is 3.28. The van der Waals surface area contributed by atoms with Crippen LogP contribution in [0.2, 0.25) is 0 Å². The van der Waals surface area contributed by atoms with Crippen molar-refractivity contribution in [3.05, 3.63) is 60.2 Å². The van der Waals surface area contributed by atoms with Crippen LogP contribution < -0.4 is 0 Å². The van der Waals surface area contributed by atoms with Crippen LogP contribution >= 0.6 is 0 Å². The number of carbonyl (C=O) groups is 6. The Balaban J connectivity index is 2.26. The molecule has 382 valence electrons. The number of hydrogen-bond donors (Lipinski definition) is 2. The number of aliphatic hydroxyl groups is 2. The van der Waals surface area contributed by atoms with Gasteiger partial charge in [0, 0.05) is 27.6 Å². The molecule has 0 saturated carbocycles. The highest BCUT2D eigenvalue weighted by Gasteiger charge is 2.44. The number of cyclic esters (lactones) is 3. The highest BCUT2D eigenvalue weighted by atomic mass is 16.6. The molecule has 0 spiro atoms. The molecule has 1 aromatic carbocycles. The van der Waals surface area contributed by atoms with Crippen LogP contribution in [-0.4, -0.2) is 155 Å². The molecular weight excluding hydrogens is 873 g/mol. The summed E-state index contributed by atoms with van der Waals surface area (Å²) in [5, 5.41) is 24.0. The fraction of sp³-hybridized carbons (Fsp3) is 0.692. The first-order chi connectivity index (χ1) is 31.8. The maximum Gasteiger partial charge on any atom is 0.329 e. The molecule has 1 fully saturated rings. The lowest BCUT2D eigenvalue weighted by atomic mass is 9.92. The molecule has 68 heavy (non-hydrogen) atoms. The molecule has 16 nitrogen and oxygen atoms in total. The smallest absolute Gasteiger partial charge is 0.329 e. The highest BCUT2D eigenvalue weighted by Crippen LogP contribution is 2.28. The van der Waals surface area contributed by atoms with Gasteiger partial charge < -0.3 is 43.9 Å². The zero-order valence-corrected chi connectivity index (χ0v) is 43.2. The van der Waals surface area contributed by atoms with Crippen LogP contribution in [0.1, 0.15) is 107 Å². The summed E-state index contributed by atoms with van der Waals surface area (Å²) in [6.07, 6.45) is 0.450. The van der Waals surface area contributed by atoms with Crippen molar-refractivity contribution < 1.29 is 57.9 Å². The molecule has 1 heterocycles. The van der Waals surface area contributed by atoms with Gasteiger partial charge in [0.05, 0.1) is 6.04 Å². The van der Waals surface area contributed by atoms with Gasteiger partial charge in [-0.05, 0) is 80.7 Å². The van der Waals surface area contributed by atoms with E-state index < -0.39 is 114 Å². The summed E-state index contributed by atoms with van der Waals surface area (Å²) in [6.45, 7) is 19.3. The first kappa shape index (κ1) is 57.7. The maximum absolute atomic E-state index is 14.6. The van der Waals surface area contributed by atoms with Gasteiger partial charge in [0.2, 0.25) is 0 Å². The van der Waals surface area contributed by atoms with Gasteiger partial charge in [-0.2, -0.15) is 0 Å². The Morgan fingerprint density at radius 2 is 1.04 bits per heavy atom. The number of amides is 3. The molecular formula is C52H82N4O12. The van der Waals surface area contributed by atoms with Crippen LogP contribution in [0.5, 0.6) is 0 Å². The lowest BCUT2D eigenvalue weighted by Crippen LogP contribution is -2.57. The summed E-state index contributed by atoms with van der Waals surface area (Å²) < 4.78 is 24.4. The molecule has 1 aromatic rings. The Bertz CT molecular complexity index is 1890. The van der Waals surface area contributed by atoms with Crippen molar-refractivity contribution in [3.8, 4) is 0 Å². The van der Waals surface area contributed by atoms with E-state index in [1.807, 2.05) is 58.1 Å². The molecule has 2 N–H and O–H groups in total. The maximum atomic E-state index is 14.6. The van der Waals surface area contributed by atoms with Crippen LogP contribution in [0.25, 0.3) is 0 Å². The SMILES string of the molecule is CC(C)CC1C(=O)OC(C(C)C)C(=O)N(C)C(Cc2ccccc2)C(=O)OC(C)C(O)N(C)C(CC2C=CC=CC2)C(O)OC(C(C)C)C(=O)N(C)C(CC(C)C)C(=O)OC(C(C)C)C(=O)N1C. The van der Waals surface area contributed by atoms with Crippen molar-refractivity contribution >= 4 is 35.6 Å². The first-order valence-corrected chi connectivity index (χ1v) is 24.3. The summed E-state index contributed by atoms with van der Waals surface area (Å²) in [4.78, 5) is 92.0. The minimum atomic E-state index is -1.68. The topological polar surface area (TPSA) is 193 Å². The van der Waals surface area contributed by atoms with E-state index in [2.05, 4.69) is 0 Å². The van der Waals surface area contributed by atoms with Crippen LogP contribution in [0.3, 0.4) is 0 Å². The number of nitrogens with zero attached hydrogens (tertiary/aromatic N) is 4. The number of allylic oxidation sites excluding steroid dienone is 4. The summed E-state index contributed by atoms with van der Waals surface area (Å²) in [7, 11) is 5.86. The van der Waals surface area contributed by atoms with Gasteiger partial charge in [-0.25, -0.2) is 14.4 Å². The molecule has 2 aliphatic rings. The molecule has 11 atom stereocenters. The lowest BCUT2D eigenvalue weighted by Gasteiger charge is -2.40. The van der Waals surface area contributed by atoms with Gasteiger partial charge in [0.15, 0.2) is 18.5 Å². The quantitative estimate of drug-likeness (QED) is 0.212. The minimum absolute atomic E-state index is 0.00958. The van der Waals surface area contributed by atoms with E-state index in [9.17, 15) is 39.0 Å². The number of ether oxygens (including phenoxy) is 4. The molecule has 3 rings (SSSR count). The molecule has 16 heteroatoms. The molecule has 0 bridgehead atoms. The number of esters is 3. The fourth-order valence-corrected chi connectivity index (χ4v) is 8.54. The van der Waals surface area contributed by atoms with Crippen molar-refractivity contribution in [1.82, 2.24) is 19.6 Å². The number of aliphatic hydroxyl groups excluding tert-OH is 2. The average molecular weight is 955 g/mol. The normalized spacial score (nSPS) is 29.9. The summed E-state index contributed by atoms with van der Waals surface area (Å²) in [6, 6.07) is 4.39. The molecule has 3 amide bonds. The van der Waals surface area contributed by atoms with Gasteiger partial charge in [-0.3, -0.25) is 19.3 Å². The van der Waals surface area contributed by atoms with Gasteiger partial charge in [0.1, 0.15) is 36.6 Å². The molecule has 11 unspecified atom stereocenters. The van der Waals surface area contributed by atoms with E-state index in [1.54, 1.807) is 72.9 Å². The minimum Gasteiger partial charge on any atom is -0.457 e. The van der Waals surface area contributed by atoms with Crippen LogP contribution in [0, 0.1) is 35.5 Å². The third-order valence-electron chi connectivity index (χ3n) is 12.8. The van der Waals surface area contributed by atoms with Crippen LogP contribution in [0.15, 0.2) is 54.6 Å². The highest BCUT2D eigenvalue weighted by molar-refractivity contribution is 5.92.